The molecule has 1 amide bonds. The molecule has 18 heavy (non-hydrogen) atoms. The Morgan fingerprint density at radius 2 is 1.67 bits per heavy atom. The van der Waals surface area contributed by atoms with E-state index in [4.69, 9.17) is 0 Å². The minimum Gasteiger partial charge on any atom is -0.339 e. The number of amides is 1. The van der Waals surface area contributed by atoms with Gasteiger partial charge in [-0.15, -0.1) is 0 Å². The van der Waals surface area contributed by atoms with Gasteiger partial charge >= 0.3 is 0 Å². The highest BCUT2D eigenvalue weighted by molar-refractivity contribution is 5.96. The summed E-state index contributed by atoms with van der Waals surface area (Å²) in [5.41, 5.74) is 0. The molecule has 1 heterocycles. The van der Waals surface area contributed by atoms with Crippen molar-refractivity contribution >= 4 is 11.7 Å². The van der Waals surface area contributed by atoms with Crippen LogP contribution in [-0.2, 0) is 9.59 Å². The molecular formula is C15H25NO2. The molecule has 0 unspecified atom stereocenters. The normalized spacial score (nSPS) is 26.1. The van der Waals surface area contributed by atoms with Crippen LogP contribution in [0.4, 0.5) is 0 Å². The number of carbonyl (C=O) groups is 2. The Balaban J connectivity index is 2.00. The standard InChI is InChI=1S/C15H25NO2/c1-12(17)11-15(18)16-10-6-5-9-14(16)13-7-3-2-4-8-13/h13-14H,2-11H2,1H3/t14-/m1/s1. The fraction of sp³-hybridized carbons (Fsp3) is 0.867. The van der Waals surface area contributed by atoms with E-state index in [0.717, 1.165) is 19.4 Å². The highest BCUT2D eigenvalue weighted by Gasteiger charge is 2.33. The predicted molar refractivity (Wildman–Crippen MR) is 71.2 cm³/mol. The van der Waals surface area contributed by atoms with Gasteiger partial charge in [0.25, 0.3) is 0 Å². The van der Waals surface area contributed by atoms with Crippen molar-refractivity contribution in [1.29, 1.82) is 0 Å². The second kappa shape index (κ2) is 6.35. The zero-order chi connectivity index (χ0) is 13.0. The van der Waals surface area contributed by atoms with Crippen molar-refractivity contribution in [3.8, 4) is 0 Å². The number of hydrogen-bond donors (Lipinski definition) is 0. The Labute approximate surface area is 110 Å². The maximum absolute atomic E-state index is 12.2. The van der Waals surface area contributed by atoms with Crippen LogP contribution in [0, 0.1) is 5.92 Å². The number of nitrogens with zero attached hydrogens (tertiary/aromatic N) is 1. The molecule has 2 fully saturated rings. The van der Waals surface area contributed by atoms with Gasteiger partial charge in [-0.25, -0.2) is 0 Å². The molecular weight excluding hydrogens is 226 g/mol. The van der Waals surface area contributed by atoms with Crippen molar-refractivity contribution in [2.45, 2.75) is 70.8 Å². The molecule has 0 N–H and O–H groups in total. The zero-order valence-electron chi connectivity index (χ0n) is 11.5. The monoisotopic (exact) mass is 251 g/mol. The third-order valence-corrected chi connectivity index (χ3v) is 4.46. The Bertz CT molecular complexity index is 308. The second-order valence-electron chi connectivity index (χ2n) is 5.93. The van der Waals surface area contributed by atoms with Crippen molar-refractivity contribution in [3.63, 3.8) is 0 Å². The summed E-state index contributed by atoms with van der Waals surface area (Å²) in [4.78, 5) is 25.3. The molecule has 0 aromatic carbocycles. The lowest BCUT2D eigenvalue weighted by molar-refractivity contribution is -0.139. The van der Waals surface area contributed by atoms with Crippen molar-refractivity contribution in [1.82, 2.24) is 4.90 Å². The number of Topliss-reactive ketones (excluding diaryl/α,β-unsaturated/α-hetero) is 1. The van der Waals surface area contributed by atoms with Crippen molar-refractivity contribution in [2.24, 2.45) is 5.92 Å². The molecule has 1 aliphatic carbocycles. The van der Waals surface area contributed by atoms with Gasteiger partial charge in [0.05, 0.1) is 6.42 Å². The van der Waals surface area contributed by atoms with Gasteiger partial charge in [-0.1, -0.05) is 19.3 Å². The number of hydrogen-bond acceptors (Lipinski definition) is 2. The summed E-state index contributed by atoms with van der Waals surface area (Å²) >= 11 is 0. The van der Waals surface area contributed by atoms with E-state index in [-0.39, 0.29) is 18.1 Å². The molecule has 102 valence electrons. The SMILES string of the molecule is CC(=O)CC(=O)N1CCCC[C@@H]1C1CCCCC1. The first-order valence-corrected chi connectivity index (χ1v) is 7.47. The summed E-state index contributed by atoms with van der Waals surface area (Å²) in [6, 6.07) is 0.422. The van der Waals surface area contributed by atoms with Crippen LogP contribution in [0.1, 0.15) is 64.7 Å². The van der Waals surface area contributed by atoms with E-state index < -0.39 is 0 Å². The summed E-state index contributed by atoms with van der Waals surface area (Å²) in [5, 5.41) is 0. The highest BCUT2D eigenvalue weighted by Crippen LogP contribution is 2.33. The van der Waals surface area contributed by atoms with Crippen LogP contribution < -0.4 is 0 Å². The predicted octanol–water partition coefficient (Wildman–Crippen LogP) is 2.93. The minimum atomic E-state index is -0.00651. The van der Waals surface area contributed by atoms with Crippen LogP contribution in [0.5, 0.6) is 0 Å². The molecule has 0 aromatic rings. The molecule has 1 atom stereocenters. The summed E-state index contributed by atoms with van der Waals surface area (Å²) in [7, 11) is 0. The molecule has 2 aliphatic rings. The molecule has 0 spiro atoms. The lowest BCUT2D eigenvalue weighted by Crippen LogP contribution is -2.48. The van der Waals surface area contributed by atoms with E-state index in [2.05, 4.69) is 0 Å². The molecule has 1 aliphatic heterocycles. The molecule has 3 nitrogen and oxygen atoms in total. The number of likely N-dealkylation sites (tertiary alicyclic amines) is 1. The van der Waals surface area contributed by atoms with Crippen LogP contribution in [0.25, 0.3) is 0 Å². The Morgan fingerprint density at radius 1 is 1.00 bits per heavy atom. The van der Waals surface area contributed by atoms with Gasteiger partial charge in [-0.05, 0) is 44.9 Å². The van der Waals surface area contributed by atoms with E-state index >= 15 is 0 Å². The minimum absolute atomic E-state index is 0.00651. The Morgan fingerprint density at radius 3 is 2.33 bits per heavy atom. The van der Waals surface area contributed by atoms with Gasteiger partial charge < -0.3 is 4.90 Å². The number of ketones is 1. The van der Waals surface area contributed by atoms with Crippen LogP contribution >= 0.6 is 0 Å². The third kappa shape index (κ3) is 3.33. The average Bonchev–Trinajstić information content (AvgIpc) is 2.39. The summed E-state index contributed by atoms with van der Waals surface area (Å²) in [5.74, 6) is 0.751. The summed E-state index contributed by atoms with van der Waals surface area (Å²) in [6.45, 7) is 2.38. The first-order valence-electron chi connectivity index (χ1n) is 7.47. The zero-order valence-corrected chi connectivity index (χ0v) is 11.5. The van der Waals surface area contributed by atoms with E-state index in [1.54, 1.807) is 0 Å². The smallest absolute Gasteiger partial charge is 0.230 e. The van der Waals surface area contributed by atoms with Gasteiger partial charge in [0.1, 0.15) is 5.78 Å². The lowest BCUT2D eigenvalue weighted by atomic mass is 9.80. The number of piperidine rings is 1. The summed E-state index contributed by atoms with van der Waals surface area (Å²) in [6.07, 6.45) is 10.1. The van der Waals surface area contributed by atoms with Gasteiger partial charge in [0, 0.05) is 12.6 Å². The van der Waals surface area contributed by atoms with Gasteiger partial charge in [0.2, 0.25) is 5.91 Å². The number of carbonyl (C=O) groups excluding carboxylic acids is 2. The van der Waals surface area contributed by atoms with E-state index in [1.807, 2.05) is 4.90 Å². The van der Waals surface area contributed by atoms with Crippen LogP contribution in [0.15, 0.2) is 0 Å². The molecule has 3 heteroatoms. The molecule has 0 aromatic heterocycles. The van der Waals surface area contributed by atoms with Crippen LogP contribution in [0.2, 0.25) is 0 Å². The largest absolute Gasteiger partial charge is 0.339 e. The molecule has 1 saturated carbocycles. The van der Waals surface area contributed by atoms with Crippen LogP contribution in [-0.4, -0.2) is 29.2 Å². The summed E-state index contributed by atoms with van der Waals surface area (Å²) < 4.78 is 0. The first-order chi connectivity index (χ1) is 8.68. The van der Waals surface area contributed by atoms with Gasteiger partial charge in [-0.3, -0.25) is 9.59 Å². The lowest BCUT2D eigenvalue weighted by Gasteiger charge is -2.42. The topological polar surface area (TPSA) is 37.4 Å². The number of rotatable bonds is 3. The van der Waals surface area contributed by atoms with Crippen molar-refractivity contribution in [2.75, 3.05) is 6.54 Å². The quantitative estimate of drug-likeness (QED) is 0.723. The van der Waals surface area contributed by atoms with Gasteiger partial charge in [0.15, 0.2) is 0 Å². The van der Waals surface area contributed by atoms with E-state index in [1.165, 1.54) is 45.4 Å². The van der Waals surface area contributed by atoms with E-state index in [9.17, 15) is 9.59 Å². The van der Waals surface area contributed by atoms with E-state index in [0.29, 0.717) is 12.0 Å². The van der Waals surface area contributed by atoms with Crippen molar-refractivity contribution < 1.29 is 9.59 Å². The maximum Gasteiger partial charge on any atom is 0.230 e. The molecule has 2 rings (SSSR count). The van der Waals surface area contributed by atoms with Crippen molar-refractivity contribution in [3.05, 3.63) is 0 Å². The fourth-order valence-electron chi connectivity index (χ4n) is 3.59. The fourth-order valence-corrected chi connectivity index (χ4v) is 3.59. The average molecular weight is 251 g/mol. The van der Waals surface area contributed by atoms with Crippen LogP contribution in [0.3, 0.4) is 0 Å². The molecule has 0 radical (unpaired) electrons. The Hall–Kier alpha value is -0.860. The molecule has 1 saturated heterocycles. The maximum atomic E-state index is 12.2. The molecule has 0 bridgehead atoms. The first kappa shape index (κ1) is 13.6. The highest BCUT2D eigenvalue weighted by atomic mass is 16.2. The third-order valence-electron chi connectivity index (χ3n) is 4.46. The van der Waals surface area contributed by atoms with Gasteiger partial charge in [-0.2, -0.15) is 0 Å². The Kier molecular flexibility index (Phi) is 4.79. The second-order valence-corrected chi connectivity index (χ2v) is 5.93.